The molecule has 3 rings (SSSR count). The van der Waals surface area contributed by atoms with Crippen LogP contribution in [0.15, 0.2) is 40.4 Å². The Hall–Kier alpha value is -1.63. The van der Waals surface area contributed by atoms with Crippen molar-refractivity contribution >= 4 is 35.8 Å². The number of hydrogen-bond donors (Lipinski definition) is 2. The molecule has 2 aromatic rings. The Kier molecular flexibility index (Phi) is 6.43. The summed E-state index contributed by atoms with van der Waals surface area (Å²) < 4.78 is 0. The fourth-order valence-electron chi connectivity index (χ4n) is 2.94. The van der Waals surface area contributed by atoms with Crippen molar-refractivity contribution in [1.29, 1.82) is 0 Å². The molecule has 0 atom stereocenters. The molecule has 1 heterocycles. The fraction of sp³-hybridized carbons (Fsp3) is 0.389. The summed E-state index contributed by atoms with van der Waals surface area (Å²) in [4.78, 5) is 22.2. The number of nitrogens with zero attached hydrogens (tertiary/aromatic N) is 2. The van der Waals surface area contributed by atoms with Gasteiger partial charge in [0.15, 0.2) is 5.16 Å². The van der Waals surface area contributed by atoms with Crippen molar-refractivity contribution in [3.63, 3.8) is 0 Å². The van der Waals surface area contributed by atoms with Gasteiger partial charge in [0.2, 0.25) is 5.91 Å². The highest BCUT2D eigenvalue weighted by molar-refractivity contribution is 7.99. The molecule has 0 aliphatic heterocycles. The Labute approximate surface area is 158 Å². The van der Waals surface area contributed by atoms with Crippen molar-refractivity contribution in [3.05, 3.63) is 41.7 Å². The fourth-order valence-corrected chi connectivity index (χ4v) is 3.80. The molecule has 1 aromatic heterocycles. The van der Waals surface area contributed by atoms with Crippen LogP contribution in [0.1, 0.15) is 37.1 Å². The minimum atomic E-state index is -0.708. The number of amides is 1. The number of nitrogens with one attached hydrogen (secondary N) is 1. The van der Waals surface area contributed by atoms with Gasteiger partial charge in [-0.3, -0.25) is 4.79 Å². The van der Waals surface area contributed by atoms with Gasteiger partial charge in [-0.2, -0.15) is 0 Å². The molecule has 25 heavy (non-hydrogen) atoms. The van der Waals surface area contributed by atoms with Crippen molar-refractivity contribution in [2.75, 3.05) is 5.32 Å². The molecule has 1 amide bonds. The predicted molar refractivity (Wildman–Crippen MR) is 103 cm³/mol. The zero-order valence-corrected chi connectivity index (χ0v) is 16.0. The van der Waals surface area contributed by atoms with Gasteiger partial charge >= 0.3 is 0 Å². The van der Waals surface area contributed by atoms with Gasteiger partial charge in [-0.05, 0) is 68.8 Å². The van der Waals surface area contributed by atoms with Crippen LogP contribution in [-0.4, -0.2) is 21.4 Å². The number of benzene rings is 1. The van der Waals surface area contributed by atoms with E-state index in [4.69, 9.17) is 5.73 Å². The molecule has 0 saturated heterocycles. The number of aromatic nitrogens is 2. The Morgan fingerprint density at radius 3 is 2.24 bits per heavy atom. The van der Waals surface area contributed by atoms with Crippen molar-refractivity contribution in [1.82, 2.24) is 9.97 Å². The van der Waals surface area contributed by atoms with Gasteiger partial charge in [0, 0.05) is 22.0 Å². The third-order valence-electron chi connectivity index (χ3n) is 4.23. The minimum Gasteiger partial charge on any atom is -0.324 e. The number of rotatable bonds is 4. The number of carbonyl (C=O) groups excluding carboxylic acids is 1. The van der Waals surface area contributed by atoms with Crippen LogP contribution in [0, 0.1) is 13.8 Å². The first-order valence-corrected chi connectivity index (χ1v) is 8.97. The van der Waals surface area contributed by atoms with Gasteiger partial charge in [0.05, 0.1) is 5.54 Å². The maximum absolute atomic E-state index is 12.3. The van der Waals surface area contributed by atoms with E-state index in [1.807, 2.05) is 44.2 Å². The number of halogens is 1. The topological polar surface area (TPSA) is 80.9 Å². The molecule has 0 spiro atoms. The summed E-state index contributed by atoms with van der Waals surface area (Å²) in [6.07, 6.45) is 3.57. The highest BCUT2D eigenvalue weighted by Crippen LogP contribution is 2.29. The van der Waals surface area contributed by atoms with E-state index in [1.165, 1.54) is 11.8 Å². The molecule has 0 bridgehead atoms. The number of aryl methyl sites for hydroxylation is 2. The van der Waals surface area contributed by atoms with Gasteiger partial charge in [-0.15, -0.1) is 12.4 Å². The van der Waals surface area contributed by atoms with Crippen LogP contribution >= 0.6 is 24.2 Å². The van der Waals surface area contributed by atoms with E-state index in [1.54, 1.807) is 0 Å². The lowest BCUT2D eigenvalue weighted by Gasteiger charge is -2.22. The van der Waals surface area contributed by atoms with Crippen LogP contribution in [0.2, 0.25) is 0 Å². The summed E-state index contributed by atoms with van der Waals surface area (Å²) in [6, 6.07) is 9.65. The maximum Gasteiger partial charge on any atom is 0.244 e. The van der Waals surface area contributed by atoms with Crippen LogP contribution in [0.4, 0.5) is 5.69 Å². The Balaban J connectivity index is 0.00000225. The summed E-state index contributed by atoms with van der Waals surface area (Å²) in [7, 11) is 0. The SMILES string of the molecule is Cc1cc(C)nc(Sc2ccc(NC(=O)C3(N)CCCC3)cc2)n1.Cl. The summed E-state index contributed by atoms with van der Waals surface area (Å²) >= 11 is 1.51. The van der Waals surface area contributed by atoms with Crippen LogP contribution in [0.5, 0.6) is 0 Å². The van der Waals surface area contributed by atoms with Gasteiger partial charge in [0.25, 0.3) is 0 Å². The third kappa shape index (κ3) is 4.93. The molecule has 1 aromatic carbocycles. The Morgan fingerprint density at radius 1 is 1.12 bits per heavy atom. The van der Waals surface area contributed by atoms with E-state index in [0.29, 0.717) is 0 Å². The van der Waals surface area contributed by atoms with Gasteiger partial charge in [0.1, 0.15) is 0 Å². The van der Waals surface area contributed by atoms with Gasteiger partial charge in [-0.25, -0.2) is 9.97 Å². The molecule has 5 nitrogen and oxygen atoms in total. The summed E-state index contributed by atoms with van der Waals surface area (Å²) in [5, 5.41) is 3.66. The monoisotopic (exact) mass is 378 g/mol. The van der Waals surface area contributed by atoms with Crippen LogP contribution < -0.4 is 11.1 Å². The van der Waals surface area contributed by atoms with Crippen LogP contribution in [-0.2, 0) is 4.79 Å². The molecule has 1 saturated carbocycles. The standard InChI is InChI=1S/C18H22N4OS.ClH/c1-12-11-13(2)21-17(20-12)24-15-7-5-14(6-8-15)22-16(23)18(19)9-3-4-10-18;/h5-8,11H,3-4,9-10,19H2,1-2H3,(H,22,23);1H. The zero-order chi connectivity index (χ0) is 17.2. The van der Waals surface area contributed by atoms with E-state index >= 15 is 0 Å². The molecule has 1 aliphatic carbocycles. The first-order valence-electron chi connectivity index (χ1n) is 8.15. The lowest BCUT2D eigenvalue weighted by atomic mass is 9.98. The van der Waals surface area contributed by atoms with Gasteiger partial charge < -0.3 is 11.1 Å². The zero-order valence-electron chi connectivity index (χ0n) is 14.4. The van der Waals surface area contributed by atoms with Crippen LogP contribution in [0.3, 0.4) is 0 Å². The molecule has 1 fully saturated rings. The molecular formula is C18H23ClN4OS. The molecule has 1 aliphatic rings. The van der Waals surface area contributed by atoms with Crippen molar-refractivity contribution in [2.24, 2.45) is 5.73 Å². The van der Waals surface area contributed by atoms with E-state index in [2.05, 4.69) is 15.3 Å². The number of nitrogens with two attached hydrogens (primary N) is 1. The molecule has 7 heteroatoms. The molecule has 0 unspecified atom stereocenters. The molecule has 134 valence electrons. The predicted octanol–water partition coefficient (Wildman–Crippen LogP) is 3.88. The lowest BCUT2D eigenvalue weighted by Crippen LogP contribution is -2.48. The van der Waals surface area contributed by atoms with Crippen molar-refractivity contribution in [3.8, 4) is 0 Å². The van der Waals surface area contributed by atoms with Gasteiger partial charge in [-0.1, -0.05) is 12.8 Å². The second kappa shape index (κ2) is 8.17. The van der Waals surface area contributed by atoms with E-state index in [9.17, 15) is 4.79 Å². The average Bonchev–Trinajstić information content (AvgIpc) is 2.96. The average molecular weight is 379 g/mol. The summed E-state index contributed by atoms with van der Waals surface area (Å²) in [5.74, 6) is -0.0851. The quantitative estimate of drug-likeness (QED) is 0.789. The first-order chi connectivity index (χ1) is 11.4. The number of hydrogen-bond acceptors (Lipinski definition) is 5. The number of anilines is 1. The minimum absolute atomic E-state index is 0. The largest absolute Gasteiger partial charge is 0.324 e. The number of carbonyl (C=O) groups is 1. The second-order valence-corrected chi connectivity index (χ2v) is 7.42. The maximum atomic E-state index is 12.3. The van der Waals surface area contributed by atoms with Crippen molar-refractivity contribution < 1.29 is 4.79 Å². The van der Waals surface area contributed by atoms with E-state index in [-0.39, 0.29) is 18.3 Å². The molecule has 0 radical (unpaired) electrons. The highest BCUT2D eigenvalue weighted by atomic mass is 35.5. The normalized spacial score (nSPS) is 15.5. The van der Waals surface area contributed by atoms with Crippen LogP contribution in [0.25, 0.3) is 0 Å². The lowest BCUT2D eigenvalue weighted by molar-refractivity contribution is -0.121. The first kappa shape index (κ1) is 19.7. The second-order valence-electron chi connectivity index (χ2n) is 6.38. The summed E-state index contributed by atoms with van der Waals surface area (Å²) in [6.45, 7) is 3.92. The Morgan fingerprint density at radius 2 is 1.68 bits per heavy atom. The molecular weight excluding hydrogens is 356 g/mol. The Bertz CT molecular complexity index is 725. The molecule has 3 N–H and O–H groups in total. The summed E-state index contributed by atoms with van der Waals surface area (Å²) in [5.41, 5.74) is 8.15. The van der Waals surface area contributed by atoms with E-state index in [0.717, 1.165) is 52.8 Å². The van der Waals surface area contributed by atoms with E-state index < -0.39 is 5.54 Å². The highest BCUT2D eigenvalue weighted by Gasteiger charge is 2.36. The third-order valence-corrected chi connectivity index (χ3v) is 5.10. The van der Waals surface area contributed by atoms with Crippen molar-refractivity contribution in [2.45, 2.75) is 55.1 Å². The smallest absolute Gasteiger partial charge is 0.244 e.